The Bertz CT molecular complexity index is 463. The van der Waals surface area contributed by atoms with E-state index in [1.54, 1.807) is 7.05 Å². The molecule has 0 bridgehead atoms. The van der Waals surface area contributed by atoms with Crippen molar-refractivity contribution in [1.82, 2.24) is 25.4 Å². The maximum absolute atomic E-state index is 11.2. The average Bonchev–Trinajstić information content (AvgIpc) is 2.25. The molecular formula is C8H12N5O3. The van der Waals surface area contributed by atoms with Crippen molar-refractivity contribution in [1.29, 1.82) is 0 Å². The summed E-state index contributed by atoms with van der Waals surface area (Å²) in [6.07, 6.45) is 2.31. The van der Waals surface area contributed by atoms with E-state index < -0.39 is 11.1 Å². The van der Waals surface area contributed by atoms with Crippen molar-refractivity contribution in [3.05, 3.63) is 27.0 Å². The minimum atomic E-state index is -0.805. The van der Waals surface area contributed by atoms with E-state index in [0.717, 1.165) is 4.57 Å². The number of amides is 1. The molecule has 0 atom stereocenters. The third-order valence-corrected chi connectivity index (χ3v) is 1.76. The number of nitrogens with one attached hydrogen (secondary N) is 3. The van der Waals surface area contributed by atoms with Crippen LogP contribution in [-0.2, 0) is 11.3 Å². The van der Waals surface area contributed by atoms with Crippen molar-refractivity contribution >= 4 is 5.91 Å². The summed E-state index contributed by atoms with van der Waals surface area (Å²) in [5, 5.41) is 10.6. The molecule has 0 aliphatic heterocycles. The Morgan fingerprint density at radius 3 is 3.00 bits per heavy atom. The highest BCUT2D eigenvalue weighted by molar-refractivity contribution is 5.77. The largest absolute Gasteiger partial charge is 0.353 e. The van der Waals surface area contributed by atoms with Gasteiger partial charge in [-0.1, -0.05) is 0 Å². The van der Waals surface area contributed by atoms with Crippen molar-refractivity contribution in [3.8, 4) is 0 Å². The summed E-state index contributed by atoms with van der Waals surface area (Å²) >= 11 is 0. The molecule has 1 aromatic rings. The van der Waals surface area contributed by atoms with Crippen molar-refractivity contribution in [2.45, 2.75) is 6.54 Å². The monoisotopic (exact) mass is 226 g/mol. The van der Waals surface area contributed by atoms with Crippen LogP contribution in [-0.4, -0.2) is 40.8 Å². The van der Waals surface area contributed by atoms with Crippen molar-refractivity contribution in [2.24, 2.45) is 0 Å². The number of hydrogen-bond donors (Lipinski definition) is 3. The third-order valence-electron chi connectivity index (χ3n) is 1.76. The lowest BCUT2D eigenvalue weighted by atomic mass is 10.5. The van der Waals surface area contributed by atoms with Gasteiger partial charge in [-0.2, -0.15) is 5.10 Å². The van der Waals surface area contributed by atoms with Crippen LogP contribution in [0.1, 0.15) is 0 Å². The SMILES string of the molecule is CNCC(=O)NCCn1[c]n[nH]c(=O)c1=O. The molecule has 0 aromatic carbocycles. The number of hydrogen-bond acceptors (Lipinski definition) is 5. The number of aromatic amines is 1. The Morgan fingerprint density at radius 2 is 2.31 bits per heavy atom. The second-order valence-electron chi connectivity index (χ2n) is 2.99. The van der Waals surface area contributed by atoms with E-state index in [9.17, 15) is 14.4 Å². The van der Waals surface area contributed by atoms with Crippen LogP contribution in [0, 0.1) is 6.33 Å². The molecular weight excluding hydrogens is 214 g/mol. The quantitative estimate of drug-likeness (QED) is 0.466. The second kappa shape index (κ2) is 5.81. The summed E-state index contributed by atoms with van der Waals surface area (Å²) in [4.78, 5) is 33.1. The molecule has 0 unspecified atom stereocenters. The van der Waals surface area contributed by atoms with E-state index in [2.05, 4.69) is 22.1 Å². The first-order valence-electron chi connectivity index (χ1n) is 4.63. The highest BCUT2D eigenvalue weighted by Gasteiger charge is 2.02. The fourth-order valence-corrected chi connectivity index (χ4v) is 1.03. The number of aromatic nitrogens is 3. The van der Waals surface area contributed by atoms with Crippen LogP contribution in [0.2, 0.25) is 0 Å². The van der Waals surface area contributed by atoms with Gasteiger partial charge < -0.3 is 10.6 Å². The first-order chi connectivity index (χ1) is 7.65. The van der Waals surface area contributed by atoms with Gasteiger partial charge in [-0.15, -0.1) is 0 Å². The van der Waals surface area contributed by atoms with E-state index in [4.69, 9.17) is 0 Å². The Kier molecular flexibility index (Phi) is 4.40. The number of nitrogens with zero attached hydrogens (tertiary/aromatic N) is 2. The summed E-state index contributed by atoms with van der Waals surface area (Å²) in [5.41, 5.74) is -1.54. The van der Waals surface area contributed by atoms with Gasteiger partial charge in [0.25, 0.3) is 0 Å². The summed E-state index contributed by atoms with van der Waals surface area (Å²) in [6.45, 7) is 0.597. The highest BCUT2D eigenvalue weighted by atomic mass is 16.2. The van der Waals surface area contributed by atoms with Gasteiger partial charge in [-0.05, 0) is 7.05 Å². The normalized spacial score (nSPS) is 10.1. The van der Waals surface area contributed by atoms with Crippen molar-refractivity contribution in [3.63, 3.8) is 0 Å². The zero-order valence-electron chi connectivity index (χ0n) is 8.74. The van der Waals surface area contributed by atoms with Gasteiger partial charge in [0.05, 0.1) is 6.54 Å². The Morgan fingerprint density at radius 1 is 1.56 bits per heavy atom. The van der Waals surface area contributed by atoms with Crippen LogP contribution in [0.15, 0.2) is 9.59 Å². The molecule has 1 rings (SSSR count). The summed E-state index contributed by atoms with van der Waals surface area (Å²) in [7, 11) is 1.65. The van der Waals surface area contributed by atoms with Gasteiger partial charge in [-0.25, -0.2) is 5.10 Å². The molecule has 16 heavy (non-hydrogen) atoms. The molecule has 0 saturated carbocycles. The van der Waals surface area contributed by atoms with E-state index in [-0.39, 0.29) is 25.5 Å². The molecule has 1 amide bonds. The Hall–Kier alpha value is -1.96. The number of rotatable bonds is 5. The molecule has 87 valence electrons. The smallest absolute Gasteiger partial charge is 0.330 e. The van der Waals surface area contributed by atoms with E-state index >= 15 is 0 Å². The predicted molar refractivity (Wildman–Crippen MR) is 54.9 cm³/mol. The zero-order chi connectivity index (χ0) is 12.0. The number of H-pyrrole nitrogens is 1. The molecule has 8 heteroatoms. The molecule has 1 radical (unpaired) electrons. The first kappa shape index (κ1) is 12.1. The molecule has 3 N–H and O–H groups in total. The van der Waals surface area contributed by atoms with E-state index in [0.29, 0.717) is 0 Å². The average molecular weight is 226 g/mol. The van der Waals surface area contributed by atoms with Gasteiger partial charge in [0.1, 0.15) is 0 Å². The minimum absolute atomic E-state index is 0.158. The van der Waals surface area contributed by atoms with Crippen molar-refractivity contribution < 1.29 is 4.79 Å². The Balaban J connectivity index is 2.50. The zero-order valence-corrected chi connectivity index (χ0v) is 8.74. The molecule has 1 heterocycles. The Labute approximate surface area is 90.7 Å². The molecule has 0 spiro atoms. The summed E-state index contributed by atoms with van der Waals surface area (Å²) in [5.74, 6) is -0.187. The van der Waals surface area contributed by atoms with Crippen LogP contribution in [0.4, 0.5) is 0 Å². The van der Waals surface area contributed by atoms with Crippen LogP contribution < -0.4 is 21.8 Å². The van der Waals surface area contributed by atoms with E-state index in [1.165, 1.54) is 0 Å². The summed E-state index contributed by atoms with van der Waals surface area (Å²) in [6, 6.07) is 0. The highest BCUT2D eigenvalue weighted by Crippen LogP contribution is 1.72. The second-order valence-corrected chi connectivity index (χ2v) is 2.99. The maximum atomic E-state index is 11.2. The van der Waals surface area contributed by atoms with Crippen LogP contribution in [0.3, 0.4) is 0 Å². The van der Waals surface area contributed by atoms with Gasteiger partial charge in [0.15, 0.2) is 0 Å². The molecule has 0 fully saturated rings. The first-order valence-corrected chi connectivity index (χ1v) is 4.63. The molecule has 0 aliphatic rings. The van der Waals surface area contributed by atoms with Crippen molar-refractivity contribution in [2.75, 3.05) is 20.1 Å². The standard InChI is InChI=1S/C8H12N5O3/c1-9-4-6(14)10-2-3-13-5-11-12-7(15)8(13)16/h9H,2-4H2,1H3,(H,10,14)(H,12,15). The number of carbonyl (C=O) groups excluding carboxylic acids is 1. The van der Waals surface area contributed by atoms with Crippen LogP contribution in [0.5, 0.6) is 0 Å². The topological polar surface area (TPSA) is 109 Å². The lowest BCUT2D eigenvalue weighted by molar-refractivity contribution is -0.120. The van der Waals surface area contributed by atoms with Gasteiger partial charge in [0, 0.05) is 13.1 Å². The van der Waals surface area contributed by atoms with Crippen LogP contribution >= 0.6 is 0 Å². The third kappa shape index (κ3) is 3.31. The van der Waals surface area contributed by atoms with Gasteiger partial charge in [0.2, 0.25) is 12.2 Å². The molecule has 0 saturated heterocycles. The van der Waals surface area contributed by atoms with E-state index in [1.807, 2.05) is 5.10 Å². The number of carbonyl (C=O) groups is 1. The lowest BCUT2D eigenvalue weighted by Crippen LogP contribution is -2.40. The van der Waals surface area contributed by atoms with Crippen LogP contribution in [0.25, 0.3) is 0 Å². The number of likely N-dealkylation sites (N-methyl/N-ethyl adjacent to an activating group) is 1. The summed E-state index contributed by atoms with van der Waals surface area (Å²) < 4.78 is 1.01. The molecule has 8 nitrogen and oxygen atoms in total. The fourth-order valence-electron chi connectivity index (χ4n) is 1.03. The lowest BCUT2D eigenvalue weighted by Gasteiger charge is -2.05. The predicted octanol–water partition coefficient (Wildman–Crippen LogP) is -2.93. The molecule has 0 aliphatic carbocycles. The maximum Gasteiger partial charge on any atom is 0.330 e. The van der Waals surface area contributed by atoms with Gasteiger partial charge in [-0.3, -0.25) is 19.0 Å². The fraction of sp³-hybridized carbons (Fsp3) is 0.500. The minimum Gasteiger partial charge on any atom is -0.353 e. The molecule has 1 aromatic heterocycles. The van der Waals surface area contributed by atoms with Gasteiger partial charge >= 0.3 is 11.1 Å².